The summed E-state index contributed by atoms with van der Waals surface area (Å²) in [6.45, 7) is 2.05. The highest BCUT2D eigenvalue weighted by Crippen LogP contribution is 2.32. The van der Waals surface area contributed by atoms with Gasteiger partial charge in [0.25, 0.3) is 5.91 Å². The van der Waals surface area contributed by atoms with Crippen LogP contribution < -0.4 is 5.32 Å². The lowest BCUT2D eigenvalue weighted by Crippen LogP contribution is -2.37. The van der Waals surface area contributed by atoms with E-state index in [0.717, 1.165) is 11.3 Å². The molecule has 2 aromatic carbocycles. The van der Waals surface area contributed by atoms with Gasteiger partial charge in [-0.1, -0.05) is 29.5 Å². The molecule has 0 atom stereocenters. The fourth-order valence-electron chi connectivity index (χ4n) is 3.60. The first kappa shape index (κ1) is 23.1. The topological polar surface area (TPSA) is 109 Å². The van der Waals surface area contributed by atoms with Gasteiger partial charge in [0.05, 0.1) is 4.90 Å². The van der Waals surface area contributed by atoms with E-state index in [4.69, 9.17) is 0 Å². The summed E-state index contributed by atoms with van der Waals surface area (Å²) in [6.07, 6.45) is 1.09. The van der Waals surface area contributed by atoms with E-state index < -0.39 is 21.7 Å². The number of rotatable bonds is 6. The minimum atomic E-state index is -3.66. The number of carbonyl (C=O) groups is 2. The summed E-state index contributed by atoms with van der Waals surface area (Å²) in [4.78, 5) is 24.0. The number of nitrogens with zero attached hydrogens (tertiary/aromatic N) is 3. The van der Waals surface area contributed by atoms with Crippen molar-refractivity contribution in [2.75, 3.05) is 18.4 Å². The molecule has 4 rings (SSSR count). The first-order chi connectivity index (χ1) is 15.7. The number of nitrogens with one attached hydrogen (secondary N) is 1. The Kier molecular flexibility index (Phi) is 6.63. The van der Waals surface area contributed by atoms with Crippen LogP contribution in [0.5, 0.6) is 0 Å². The van der Waals surface area contributed by atoms with Crippen LogP contribution in [0.25, 0.3) is 0 Å². The summed E-state index contributed by atoms with van der Waals surface area (Å²) < 4.78 is 40.6. The van der Waals surface area contributed by atoms with Gasteiger partial charge < -0.3 is 5.32 Å². The van der Waals surface area contributed by atoms with Crippen LogP contribution in [0.3, 0.4) is 0 Å². The number of hydrogen-bond donors (Lipinski definition) is 1. The van der Waals surface area contributed by atoms with Crippen LogP contribution in [0, 0.1) is 5.82 Å². The maximum Gasteiger partial charge on any atom is 0.286 e. The second-order valence-corrected chi connectivity index (χ2v) is 10.6. The van der Waals surface area contributed by atoms with Crippen LogP contribution in [-0.2, 0) is 10.0 Å². The number of halogens is 1. The smallest absolute Gasteiger partial charge is 0.286 e. The van der Waals surface area contributed by atoms with Gasteiger partial charge in [0.2, 0.25) is 15.0 Å². The average Bonchev–Trinajstić information content (AvgIpc) is 3.30. The van der Waals surface area contributed by atoms with Crippen molar-refractivity contribution in [1.29, 1.82) is 0 Å². The molecule has 1 N–H and O–H groups in total. The largest absolute Gasteiger partial charge is 0.320 e. The molecule has 0 spiro atoms. The van der Waals surface area contributed by atoms with Crippen LogP contribution in [0.15, 0.2) is 53.4 Å². The monoisotopic (exact) mass is 488 g/mol. The van der Waals surface area contributed by atoms with E-state index in [1.54, 1.807) is 6.07 Å². The standard InChI is InChI=1S/C22H21FN4O4S2/c1-14(28)15-5-7-19(8-6-15)33(30,31)27-11-9-16(10-12-27)21-25-26-22(32-21)20(29)24-18-4-2-3-17(23)13-18/h2-8,13,16H,9-12H2,1H3,(H,24,29). The van der Waals surface area contributed by atoms with Crippen molar-refractivity contribution in [1.82, 2.24) is 14.5 Å². The number of aromatic nitrogens is 2. The zero-order valence-electron chi connectivity index (χ0n) is 17.7. The fraction of sp³-hybridized carbons (Fsp3) is 0.273. The first-order valence-electron chi connectivity index (χ1n) is 10.3. The van der Waals surface area contributed by atoms with E-state index in [1.165, 1.54) is 53.7 Å². The molecule has 3 aromatic rings. The highest BCUT2D eigenvalue weighted by atomic mass is 32.2. The quantitative estimate of drug-likeness (QED) is 0.530. The Balaban J connectivity index is 1.38. The van der Waals surface area contributed by atoms with Gasteiger partial charge in [0, 0.05) is 30.3 Å². The van der Waals surface area contributed by atoms with Crippen molar-refractivity contribution in [3.63, 3.8) is 0 Å². The lowest BCUT2D eigenvalue weighted by atomic mass is 9.99. The third kappa shape index (κ3) is 5.15. The SMILES string of the molecule is CC(=O)c1ccc(S(=O)(=O)N2CCC(c3nnc(C(=O)Nc4cccc(F)c4)s3)CC2)cc1. The summed E-state index contributed by atoms with van der Waals surface area (Å²) in [5.74, 6) is -1.06. The molecule has 1 fully saturated rings. The third-order valence-electron chi connectivity index (χ3n) is 5.42. The third-order valence-corrected chi connectivity index (χ3v) is 8.42. The molecule has 1 amide bonds. The van der Waals surface area contributed by atoms with E-state index in [1.807, 2.05) is 0 Å². The molecule has 33 heavy (non-hydrogen) atoms. The number of piperidine rings is 1. The van der Waals surface area contributed by atoms with Gasteiger partial charge in [-0.15, -0.1) is 10.2 Å². The molecule has 0 bridgehead atoms. The van der Waals surface area contributed by atoms with E-state index in [2.05, 4.69) is 15.5 Å². The average molecular weight is 489 g/mol. The molecule has 1 aromatic heterocycles. The molecule has 8 nitrogen and oxygen atoms in total. The highest BCUT2D eigenvalue weighted by Gasteiger charge is 2.31. The number of sulfonamides is 1. The van der Waals surface area contributed by atoms with Crippen LogP contribution in [0.2, 0.25) is 0 Å². The van der Waals surface area contributed by atoms with Crippen LogP contribution in [-0.4, -0.2) is 47.7 Å². The Morgan fingerprint density at radius 1 is 1.09 bits per heavy atom. The zero-order chi connectivity index (χ0) is 23.6. The number of amides is 1. The Bertz CT molecular complexity index is 1280. The molecular formula is C22H21FN4O4S2. The second-order valence-electron chi connectivity index (χ2n) is 7.67. The Morgan fingerprint density at radius 2 is 1.79 bits per heavy atom. The van der Waals surface area contributed by atoms with Crippen molar-refractivity contribution >= 4 is 38.7 Å². The number of ketones is 1. The van der Waals surface area contributed by atoms with Crippen LogP contribution in [0.4, 0.5) is 10.1 Å². The molecule has 172 valence electrons. The molecule has 1 aliphatic heterocycles. The Morgan fingerprint density at radius 3 is 2.42 bits per heavy atom. The minimum Gasteiger partial charge on any atom is -0.320 e. The van der Waals surface area contributed by atoms with Crippen molar-refractivity contribution < 1.29 is 22.4 Å². The number of hydrogen-bond acceptors (Lipinski definition) is 7. The second kappa shape index (κ2) is 9.46. The summed E-state index contributed by atoms with van der Waals surface area (Å²) in [6, 6.07) is 11.5. The highest BCUT2D eigenvalue weighted by molar-refractivity contribution is 7.89. The van der Waals surface area contributed by atoms with Gasteiger partial charge in [-0.2, -0.15) is 4.31 Å². The summed E-state index contributed by atoms with van der Waals surface area (Å²) in [5, 5.41) is 11.5. The van der Waals surface area contributed by atoms with Gasteiger partial charge in [-0.3, -0.25) is 9.59 Å². The molecule has 1 aliphatic rings. The zero-order valence-corrected chi connectivity index (χ0v) is 19.3. The van der Waals surface area contributed by atoms with Gasteiger partial charge in [-0.25, -0.2) is 12.8 Å². The molecule has 11 heteroatoms. The van der Waals surface area contributed by atoms with E-state index in [9.17, 15) is 22.4 Å². The predicted molar refractivity (Wildman–Crippen MR) is 121 cm³/mol. The summed E-state index contributed by atoms with van der Waals surface area (Å²) in [7, 11) is -3.66. The normalized spacial score (nSPS) is 15.3. The van der Waals surface area contributed by atoms with E-state index in [0.29, 0.717) is 42.2 Å². The Hall–Kier alpha value is -3.02. The maximum atomic E-state index is 13.3. The first-order valence-corrected chi connectivity index (χ1v) is 12.5. The number of benzene rings is 2. The fourth-order valence-corrected chi connectivity index (χ4v) is 5.97. The van der Waals surface area contributed by atoms with Gasteiger partial charge >= 0.3 is 0 Å². The van der Waals surface area contributed by atoms with Gasteiger partial charge in [-0.05, 0) is 50.1 Å². The van der Waals surface area contributed by atoms with Crippen LogP contribution >= 0.6 is 11.3 Å². The maximum absolute atomic E-state index is 13.3. The van der Waals surface area contributed by atoms with Crippen molar-refractivity contribution in [2.45, 2.75) is 30.6 Å². The Labute approximate surface area is 194 Å². The van der Waals surface area contributed by atoms with E-state index >= 15 is 0 Å². The molecule has 0 radical (unpaired) electrons. The molecular weight excluding hydrogens is 467 g/mol. The number of Topliss-reactive ketones (excluding diaryl/α,β-unsaturated/α-hetero) is 1. The van der Waals surface area contributed by atoms with Crippen molar-refractivity contribution in [3.8, 4) is 0 Å². The van der Waals surface area contributed by atoms with Crippen molar-refractivity contribution in [2.24, 2.45) is 0 Å². The lowest BCUT2D eigenvalue weighted by Gasteiger charge is -2.30. The van der Waals surface area contributed by atoms with Crippen molar-refractivity contribution in [3.05, 3.63) is 69.9 Å². The number of carbonyl (C=O) groups excluding carboxylic acids is 2. The molecule has 0 saturated carbocycles. The van der Waals surface area contributed by atoms with Gasteiger partial charge in [0.1, 0.15) is 10.8 Å². The minimum absolute atomic E-state index is 0.00948. The molecule has 0 aliphatic carbocycles. The lowest BCUT2D eigenvalue weighted by molar-refractivity contribution is 0.101. The molecule has 1 saturated heterocycles. The summed E-state index contributed by atoms with van der Waals surface area (Å²) >= 11 is 1.15. The summed E-state index contributed by atoms with van der Waals surface area (Å²) in [5.41, 5.74) is 0.785. The molecule has 2 heterocycles. The van der Waals surface area contributed by atoms with Crippen LogP contribution in [0.1, 0.15) is 50.9 Å². The van der Waals surface area contributed by atoms with Gasteiger partial charge in [0.15, 0.2) is 5.78 Å². The van der Waals surface area contributed by atoms with E-state index in [-0.39, 0.29) is 21.6 Å². The number of anilines is 1. The predicted octanol–water partition coefficient (Wildman–Crippen LogP) is 3.70. The molecule has 0 unspecified atom stereocenters.